The summed E-state index contributed by atoms with van der Waals surface area (Å²) in [6.45, 7) is 1.60. The van der Waals surface area contributed by atoms with Crippen LogP contribution in [0.4, 0.5) is 11.4 Å². The number of amides is 1. The zero-order valence-electron chi connectivity index (χ0n) is 17.2. The Bertz CT molecular complexity index is 1010. The largest absolute Gasteiger partial charge is 0.366 e. The molecule has 0 atom stereocenters. The molecule has 0 spiro atoms. The van der Waals surface area contributed by atoms with Gasteiger partial charge in [-0.3, -0.25) is 14.9 Å². The van der Waals surface area contributed by atoms with Gasteiger partial charge in [-0.05, 0) is 42.5 Å². The third kappa shape index (κ3) is 4.74. The van der Waals surface area contributed by atoms with Crippen LogP contribution in [0.15, 0.2) is 78.9 Å². The van der Waals surface area contributed by atoms with Gasteiger partial charge in [-0.15, -0.1) is 0 Å². The van der Waals surface area contributed by atoms with E-state index in [1.807, 2.05) is 65.6 Å². The number of carbonyl (C=O) groups is 1. The maximum atomic E-state index is 13.1. The number of nitrogens with one attached hydrogen (secondary N) is 1. The summed E-state index contributed by atoms with van der Waals surface area (Å²) < 4.78 is 0. The van der Waals surface area contributed by atoms with E-state index in [0.717, 1.165) is 43.5 Å². The molecule has 1 saturated heterocycles. The van der Waals surface area contributed by atoms with E-state index in [2.05, 4.69) is 5.32 Å². The van der Waals surface area contributed by atoms with Gasteiger partial charge in [-0.1, -0.05) is 60.7 Å². The van der Waals surface area contributed by atoms with Crippen LogP contribution in [0.25, 0.3) is 0 Å². The quantitative estimate of drug-likeness (QED) is 0.449. The second-order valence-electron chi connectivity index (χ2n) is 7.74. The van der Waals surface area contributed by atoms with Gasteiger partial charge >= 0.3 is 0 Å². The van der Waals surface area contributed by atoms with Crippen molar-refractivity contribution in [2.45, 2.75) is 25.3 Å². The molecular formula is C25H25N3O3. The molecule has 0 aromatic heterocycles. The number of carbonyl (C=O) groups excluding carboxylic acids is 1. The number of hydrogen-bond donors (Lipinski definition) is 1. The second kappa shape index (κ2) is 9.43. The first-order valence-electron chi connectivity index (χ1n) is 10.6. The number of hydrogen-bond acceptors (Lipinski definition) is 4. The van der Waals surface area contributed by atoms with Gasteiger partial charge in [0.2, 0.25) is 0 Å². The number of nitrogens with zero attached hydrogens (tertiary/aromatic N) is 2. The van der Waals surface area contributed by atoms with Crippen LogP contribution in [0.2, 0.25) is 0 Å². The summed E-state index contributed by atoms with van der Waals surface area (Å²) in [5, 5.41) is 14.8. The van der Waals surface area contributed by atoms with Crippen molar-refractivity contribution in [3.8, 4) is 0 Å². The number of benzene rings is 3. The molecule has 31 heavy (non-hydrogen) atoms. The lowest BCUT2D eigenvalue weighted by Crippen LogP contribution is -2.31. The van der Waals surface area contributed by atoms with E-state index < -0.39 is 4.92 Å². The number of nitro groups is 1. The van der Waals surface area contributed by atoms with Crippen molar-refractivity contribution < 1.29 is 9.72 Å². The Morgan fingerprint density at radius 2 is 1.45 bits per heavy atom. The summed E-state index contributed by atoms with van der Waals surface area (Å²) in [5.41, 5.74) is 2.74. The Kier molecular flexibility index (Phi) is 6.26. The van der Waals surface area contributed by atoms with Crippen LogP contribution in [0.3, 0.4) is 0 Å². The molecule has 1 aliphatic rings. The van der Waals surface area contributed by atoms with Crippen LogP contribution < -0.4 is 10.2 Å². The molecule has 0 radical (unpaired) electrons. The second-order valence-corrected chi connectivity index (χ2v) is 7.74. The molecule has 0 aliphatic carbocycles. The summed E-state index contributed by atoms with van der Waals surface area (Å²) in [7, 11) is 0. The summed E-state index contributed by atoms with van der Waals surface area (Å²) in [6, 6.07) is 23.8. The van der Waals surface area contributed by atoms with Crippen LogP contribution in [0, 0.1) is 10.1 Å². The van der Waals surface area contributed by atoms with Crippen LogP contribution in [-0.4, -0.2) is 23.9 Å². The van der Waals surface area contributed by atoms with Gasteiger partial charge in [0.05, 0.1) is 11.0 Å². The Morgan fingerprint density at radius 1 is 0.871 bits per heavy atom. The first-order chi connectivity index (χ1) is 15.1. The van der Waals surface area contributed by atoms with E-state index in [9.17, 15) is 14.9 Å². The highest BCUT2D eigenvalue weighted by Gasteiger charge is 2.24. The topological polar surface area (TPSA) is 75.5 Å². The predicted molar refractivity (Wildman–Crippen MR) is 121 cm³/mol. The molecule has 1 heterocycles. The van der Waals surface area contributed by atoms with Crippen molar-refractivity contribution >= 4 is 17.3 Å². The standard InChI is InChI=1S/C25H25N3O3/c29-25(26-24(19-10-4-1-5-11-19)20-12-6-2-7-13-20)21-14-15-22(23(18-21)28(30)31)27-16-8-3-9-17-27/h1-2,4-7,10-15,18,24H,3,8-9,16-17H2,(H,26,29). The molecule has 1 aliphatic heterocycles. The molecule has 1 N–H and O–H groups in total. The fourth-order valence-corrected chi connectivity index (χ4v) is 4.08. The normalized spacial score (nSPS) is 13.8. The molecule has 0 bridgehead atoms. The summed E-state index contributed by atoms with van der Waals surface area (Å²) >= 11 is 0. The van der Waals surface area contributed by atoms with E-state index in [1.165, 1.54) is 6.07 Å². The lowest BCUT2D eigenvalue weighted by atomic mass is 9.98. The molecule has 1 amide bonds. The van der Waals surface area contributed by atoms with Crippen molar-refractivity contribution in [1.82, 2.24) is 5.32 Å². The SMILES string of the molecule is O=C(NC(c1ccccc1)c1ccccc1)c1ccc(N2CCCCC2)c([N+](=O)[O-])c1. The molecule has 0 unspecified atom stereocenters. The van der Waals surface area contributed by atoms with E-state index >= 15 is 0 Å². The zero-order valence-corrected chi connectivity index (χ0v) is 17.2. The highest BCUT2D eigenvalue weighted by atomic mass is 16.6. The molecule has 158 valence electrons. The molecular weight excluding hydrogens is 390 g/mol. The van der Waals surface area contributed by atoms with Gasteiger partial charge in [0.1, 0.15) is 5.69 Å². The molecule has 0 saturated carbocycles. The minimum Gasteiger partial charge on any atom is -0.366 e. The van der Waals surface area contributed by atoms with Crippen LogP contribution >= 0.6 is 0 Å². The van der Waals surface area contributed by atoms with Gasteiger partial charge in [0.15, 0.2) is 0 Å². The molecule has 3 aromatic rings. The number of rotatable bonds is 6. The third-order valence-corrected chi connectivity index (χ3v) is 5.67. The Labute approximate surface area is 181 Å². The first-order valence-corrected chi connectivity index (χ1v) is 10.6. The average molecular weight is 415 g/mol. The maximum absolute atomic E-state index is 13.1. The molecule has 6 heteroatoms. The smallest absolute Gasteiger partial charge is 0.293 e. The average Bonchev–Trinajstić information content (AvgIpc) is 2.83. The molecule has 6 nitrogen and oxygen atoms in total. The van der Waals surface area contributed by atoms with Crippen molar-refractivity contribution in [2.24, 2.45) is 0 Å². The first kappa shape index (κ1) is 20.6. The van der Waals surface area contributed by atoms with Crippen LogP contribution in [-0.2, 0) is 0 Å². The van der Waals surface area contributed by atoms with Gasteiger partial charge in [0.25, 0.3) is 11.6 Å². The van der Waals surface area contributed by atoms with E-state index in [4.69, 9.17) is 0 Å². The molecule has 1 fully saturated rings. The molecule has 4 rings (SSSR count). The van der Waals surface area contributed by atoms with Crippen molar-refractivity contribution in [3.63, 3.8) is 0 Å². The number of anilines is 1. The number of nitro benzene ring substituents is 1. The minimum absolute atomic E-state index is 0.0227. The van der Waals surface area contributed by atoms with Crippen molar-refractivity contribution in [1.29, 1.82) is 0 Å². The monoisotopic (exact) mass is 415 g/mol. The van der Waals surface area contributed by atoms with Crippen molar-refractivity contribution in [3.05, 3.63) is 106 Å². The van der Waals surface area contributed by atoms with Gasteiger partial charge in [-0.2, -0.15) is 0 Å². The van der Waals surface area contributed by atoms with Crippen molar-refractivity contribution in [2.75, 3.05) is 18.0 Å². The Balaban J connectivity index is 1.63. The predicted octanol–water partition coefficient (Wildman–Crippen LogP) is 5.10. The fraction of sp³-hybridized carbons (Fsp3) is 0.240. The summed E-state index contributed by atoms with van der Waals surface area (Å²) in [6.07, 6.45) is 3.19. The summed E-state index contributed by atoms with van der Waals surface area (Å²) in [4.78, 5) is 26.5. The van der Waals surface area contributed by atoms with E-state index in [0.29, 0.717) is 5.69 Å². The number of piperidine rings is 1. The van der Waals surface area contributed by atoms with Gasteiger partial charge in [0, 0.05) is 24.7 Å². The minimum atomic E-state index is -0.396. The van der Waals surface area contributed by atoms with Crippen LogP contribution in [0.1, 0.15) is 46.8 Å². The fourth-order valence-electron chi connectivity index (χ4n) is 4.08. The van der Waals surface area contributed by atoms with Crippen LogP contribution in [0.5, 0.6) is 0 Å². The maximum Gasteiger partial charge on any atom is 0.293 e. The lowest BCUT2D eigenvalue weighted by Gasteiger charge is -2.28. The zero-order chi connectivity index (χ0) is 21.6. The lowest BCUT2D eigenvalue weighted by molar-refractivity contribution is -0.384. The highest BCUT2D eigenvalue weighted by molar-refractivity contribution is 5.96. The molecule has 3 aromatic carbocycles. The Morgan fingerprint density at radius 3 is 2.00 bits per heavy atom. The van der Waals surface area contributed by atoms with E-state index in [-0.39, 0.29) is 23.2 Å². The highest BCUT2D eigenvalue weighted by Crippen LogP contribution is 2.32. The van der Waals surface area contributed by atoms with E-state index in [1.54, 1.807) is 12.1 Å². The Hall–Kier alpha value is -3.67. The summed E-state index contributed by atoms with van der Waals surface area (Å²) in [5.74, 6) is -0.342. The van der Waals surface area contributed by atoms with Gasteiger partial charge in [-0.25, -0.2) is 0 Å². The third-order valence-electron chi connectivity index (χ3n) is 5.67. The van der Waals surface area contributed by atoms with Gasteiger partial charge < -0.3 is 10.2 Å².